The SMILES string of the molecule is COc1ccc2c(c1)oc1cc3cc(-n4c5ccc(-c6c(O)c(O)c(O)c(O)c6O)cc5c5c(OC)ccc(Cl)c54)ccc3cc12. The van der Waals surface area contributed by atoms with Crippen molar-refractivity contribution >= 4 is 66.1 Å². The number of nitrogens with zero attached hydrogens (tertiary/aromatic N) is 1. The molecule has 0 bridgehead atoms. The highest BCUT2D eigenvalue weighted by Gasteiger charge is 2.26. The molecule has 0 unspecified atom stereocenters. The smallest absolute Gasteiger partial charge is 0.208 e. The van der Waals surface area contributed by atoms with Crippen LogP contribution < -0.4 is 9.47 Å². The molecule has 0 saturated carbocycles. The van der Waals surface area contributed by atoms with E-state index in [2.05, 4.69) is 6.07 Å². The molecular weight excluding hydrogens is 610 g/mol. The molecule has 0 radical (unpaired) electrons. The lowest BCUT2D eigenvalue weighted by Gasteiger charge is -2.13. The molecule has 8 aromatic rings. The molecule has 9 nitrogen and oxygen atoms in total. The molecule has 0 spiro atoms. The molecule has 0 atom stereocenters. The molecule has 0 aliphatic heterocycles. The predicted octanol–water partition coefficient (Wildman–Crippen LogP) is 8.70. The number of hydrogen-bond donors (Lipinski definition) is 5. The Labute approximate surface area is 264 Å². The molecule has 2 aromatic heterocycles. The molecule has 0 amide bonds. The Bertz CT molecular complexity index is 2550. The number of furan rings is 1. The van der Waals surface area contributed by atoms with E-state index >= 15 is 0 Å². The summed E-state index contributed by atoms with van der Waals surface area (Å²) in [6.45, 7) is 0. The van der Waals surface area contributed by atoms with Crippen molar-refractivity contribution in [2.24, 2.45) is 0 Å². The van der Waals surface area contributed by atoms with Crippen molar-refractivity contribution in [3.63, 3.8) is 0 Å². The molecule has 0 fully saturated rings. The van der Waals surface area contributed by atoms with Gasteiger partial charge in [-0.15, -0.1) is 0 Å². The molecule has 8 rings (SSSR count). The first kappa shape index (κ1) is 27.6. The van der Waals surface area contributed by atoms with Gasteiger partial charge in [0, 0.05) is 27.9 Å². The molecule has 46 heavy (non-hydrogen) atoms. The first-order chi connectivity index (χ1) is 22.2. The van der Waals surface area contributed by atoms with Gasteiger partial charge in [0.2, 0.25) is 17.2 Å². The number of methoxy groups -OCH3 is 2. The minimum Gasteiger partial charge on any atom is -0.504 e. The van der Waals surface area contributed by atoms with Crippen LogP contribution in [0.2, 0.25) is 5.02 Å². The van der Waals surface area contributed by atoms with E-state index in [0.29, 0.717) is 32.8 Å². The third-order valence-corrected chi connectivity index (χ3v) is 8.88. The summed E-state index contributed by atoms with van der Waals surface area (Å²) in [5, 5.41) is 57.3. The Hall–Kier alpha value is -5.93. The summed E-state index contributed by atoms with van der Waals surface area (Å²) in [5.41, 5.74) is 3.67. The van der Waals surface area contributed by atoms with Gasteiger partial charge in [-0.05, 0) is 77.0 Å². The van der Waals surface area contributed by atoms with E-state index in [4.69, 9.17) is 25.5 Å². The highest BCUT2D eigenvalue weighted by atomic mass is 35.5. The Morgan fingerprint density at radius 2 is 1.37 bits per heavy atom. The van der Waals surface area contributed by atoms with Gasteiger partial charge in [0.1, 0.15) is 22.7 Å². The summed E-state index contributed by atoms with van der Waals surface area (Å²) < 4.78 is 19.3. The van der Waals surface area contributed by atoms with E-state index in [1.165, 1.54) is 0 Å². The van der Waals surface area contributed by atoms with Crippen molar-refractivity contribution in [3.8, 4) is 57.1 Å². The van der Waals surface area contributed by atoms with Gasteiger partial charge in [-0.25, -0.2) is 0 Å². The van der Waals surface area contributed by atoms with E-state index in [0.717, 1.165) is 43.9 Å². The summed E-state index contributed by atoms with van der Waals surface area (Å²) >= 11 is 6.87. The van der Waals surface area contributed by atoms with Crippen LogP contribution in [0.4, 0.5) is 0 Å². The van der Waals surface area contributed by atoms with Crippen LogP contribution >= 0.6 is 11.6 Å². The van der Waals surface area contributed by atoms with Gasteiger partial charge in [-0.3, -0.25) is 0 Å². The van der Waals surface area contributed by atoms with Crippen LogP contribution in [0.3, 0.4) is 0 Å². The fourth-order valence-electron chi connectivity index (χ4n) is 6.38. The van der Waals surface area contributed by atoms with Crippen molar-refractivity contribution in [1.82, 2.24) is 4.57 Å². The maximum absolute atomic E-state index is 10.7. The summed E-state index contributed by atoms with van der Waals surface area (Å²) in [5.74, 6) is -3.27. The van der Waals surface area contributed by atoms with Gasteiger partial charge in [0.05, 0.1) is 41.2 Å². The van der Waals surface area contributed by atoms with Crippen molar-refractivity contribution in [3.05, 3.63) is 83.9 Å². The summed E-state index contributed by atoms with van der Waals surface area (Å²) in [6.07, 6.45) is 0. The molecule has 10 heteroatoms. The largest absolute Gasteiger partial charge is 0.504 e. The van der Waals surface area contributed by atoms with Crippen molar-refractivity contribution < 1.29 is 39.4 Å². The number of ether oxygens (including phenoxy) is 2. The number of phenols is 5. The number of fused-ring (bicyclic) bond motifs is 7. The van der Waals surface area contributed by atoms with Gasteiger partial charge in [0.15, 0.2) is 11.5 Å². The Morgan fingerprint density at radius 1 is 0.630 bits per heavy atom. The van der Waals surface area contributed by atoms with Crippen LogP contribution in [0.25, 0.3) is 71.3 Å². The van der Waals surface area contributed by atoms with Crippen molar-refractivity contribution in [1.29, 1.82) is 0 Å². The van der Waals surface area contributed by atoms with Crippen molar-refractivity contribution in [2.45, 2.75) is 0 Å². The van der Waals surface area contributed by atoms with E-state index in [9.17, 15) is 25.5 Å². The van der Waals surface area contributed by atoms with Gasteiger partial charge in [0.25, 0.3) is 0 Å². The van der Waals surface area contributed by atoms with E-state index < -0.39 is 28.7 Å². The highest BCUT2D eigenvalue weighted by Crippen LogP contribution is 2.55. The second-order valence-electron chi connectivity index (χ2n) is 11.0. The lowest BCUT2D eigenvalue weighted by atomic mass is 9.99. The third kappa shape index (κ3) is 3.75. The number of halogens is 1. The van der Waals surface area contributed by atoms with Gasteiger partial charge >= 0.3 is 0 Å². The second kappa shape index (κ2) is 9.79. The van der Waals surface area contributed by atoms with E-state index in [1.54, 1.807) is 44.6 Å². The number of benzene rings is 6. The van der Waals surface area contributed by atoms with Gasteiger partial charge < -0.3 is 44.0 Å². The number of aromatic nitrogens is 1. The molecule has 6 aromatic carbocycles. The average molecular weight is 634 g/mol. The second-order valence-corrected chi connectivity index (χ2v) is 11.4. The summed E-state index contributed by atoms with van der Waals surface area (Å²) in [4.78, 5) is 0. The highest BCUT2D eigenvalue weighted by molar-refractivity contribution is 6.37. The first-order valence-electron chi connectivity index (χ1n) is 14.1. The van der Waals surface area contributed by atoms with Crippen LogP contribution in [-0.4, -0.2) is 44.3 Å². The first-order valence-corrected chi connectivity index (χ1v) is 14.5. The zero-order chi connectivity index (χ0) is 32.0. The van der Waals surface area contributed by atoms with Crippen LogP contribution in [0.5, 0.6) is 40.2 Å². The molecule has 0 saturated heterocycles. The predicted molar refractivity (Wildman–Crippen MR) is 177 cm³/mol. The normalized spacial score (nSPS) is 11.8. The van der Waals surface area contributed by atoms with E-state index in [1.807, 2.05) is 47.0 Å². The van der Waals surface area contributed by atoms with Gasteiger partial charge in [-0.1, -0.05) is 23.7 Å². The van der Waals surface area contributed by atoms with Gasteiger partial charge in [-0.2, -0.15) is 0 Å². The number of hydrogen-bond acceptors (Lipinski definition) is 8. The van der Waals surface area contributed by atoms with Crippen LogP contribution in [0.1, 0.15) is 0 Å². The average Bonchev–Trinajstić information content (AvgIpc) is 3.60. The quantitative estimate of drug-likeness (QED) is 0.0958. The standard InChI is InChI=1S/C36H24ClNO8/c1-44-20-6-7-21-22-12-16-3-5-19(11-18(16)14-27(22)46-28(21)15-20)38-25-9-4-17(29-32(39)34(41)36(43)35(42)33(29)40)13-23(25)30-26(45-2)10-8-24(37)31(30)38/h3-15,39-43H,1-2H3. The Balaban J connectivity index is 1.40. The van der Waals surface area contributed by atoms with Crippen LogP contribution in [-0.2, 0) is 0 Å². The fourth-order valence-corrected chi connectivity index (χ4v) is 6.63. The van der Waals surface area contributed by atoms with Crippen LogP contribution in [0.15, 0.2) is 83.3 Å². The molecule has 0 aliphatic carbocycles. The third-order valence-electron chi connectivity index (χ3n) is 8.58. The van der Waals surface area contributed by atoms with Crippen LogP contribution in [0, 0.1) is 0 Å². The minimum absolute atomic E-state index is 0.255. The minimum atomic E-state index is -1.03. The number of rotatable bonds is 4. The topological polar surface area (TPSA) is 138 Å². The summed E-state index contributed by atoms with van der Waals surface area (Å²) in [7, 11) is 3.17. The van der Waals surface area contributed by atoms with Crippen molar-refractivity contribution in [2.75, 3.05) is 14.2 Å². The lowest BCUT2D eigenvalue weighted by molar-refractivity contribution is 0.330. The number of phenolic OH excluding ortho intramolecular Hbond substituents is 5. The maximum atomic E-state index is 10.7. The zero-order valence-electron chi connectivity index (χ0n) is 24.3. The molecule has 228 valence electrons. The fraction of sp³-hybridized carbons (Fsp3) is 0.0556. The molecule has 2 heterocycles. The zero-order valence-corrected chi connectivity index (χ0v) is 25.0. The monoisotopic (exact) mass is 633 g/mol. The lowest BCUT2D eigenvalue weighted by Crippen LogP contribution is -1.95. The molecular formula is C36H24ClNO8. The number of aromatic hydroxyl groups is 5. The van der Waals surface area contributed by atoms with E-state index in [-0.39, 0.29) is 11.1 Å². The molecule has 0 aliphatic rings. The Morgan fingerprint density at radius 3 is 2.11 bits per heavy atom. The maximum Gasteiger partial charge on any atom is 0.208 e. The summed E-state index contributed by atoms with van der Waals surface area (Å²) in [6, 6.07) is 24.5. The Kier molecular flexibility index (Phi) is 5.87. The molecule has 5 N–H and O–H groups in total.